The van der Waals surface area contributed by atoms with Gasteiger partial charge in [-0.05, 0) is 27.0 Å². The van der Waals surface area contributed by atoms with Gasteiger partial charge < -0.3 is 9.84 Å². The number of hydrogen-bond acceptors (Lipinski definition) is 3. The van der Waals surface area contributed by atoms with E-state index in [2.05, 4.69) is 0 Å². The monoisotopic (exact) mass is 249 g/mol. The molecule has 1 unspecified atom stereocenters. The molecule has 18 heavy (non-hydrogen) atoms. The molecule has 0 saturated carbocycles. The molecule has 1 aromatic rings. The highest BCUT2D eigenvalue weighted by Crippen LogP contribution is 2.37. The van der Waals surface area contributed by atoms with Crippen LogP contribution in [0.1, 0.15) is 31.9 Å². The average molecular weight is 249 g/mol. The zero-order valence-corrected chi connectivity index (χ0v) is 11.0. The Hall–Kier alpha value is -1.55. The van der Waals surface area contributed by atoms with Crippen LogP contribution < -0.4 is 4.74 Å². The van der Waals surface area contributed by atoms with Crippen LogP contribution in [0.3, 0.4) is 0 Å². The van der Waals surface area contributed by atoms with Gasteiger partial charge in [-0.1, -0.05) is 18.2 Å². The number of carboxylic acids is 1. The molecule has 0 fully saturated rings. The first-order chi connectivity index (χ1) is 8.44. The van der Waals surface area contributed by atoms with Crippen molar-refractivity contribution in [2.75, 3.05) is 13.7 Å². The van der Waals surface area contributed by atoms with Gasteiger partial charge in [-0.25, -0.2) is 0 Å². The highest BCUT2D eigenvalue weighted by Gasteiger charge is 2.38. The average Bonchev–Trinajstić information content (AvgIpc) is 2.37. The summed E-state index contributed by atoms with van der Waals surface area (Å²) in [5.74, 6) is 0.0516. The van der Waals surface area contributed by atoms with Gasteiger partial charge in [-0.3, -0.25) is 9.69 Å². The maximum atomic E-state index is 11.3. The molecule has 0 amide bonds. The minimum absolute atomic E-state index is 0.0843. The van der Waals surface area contributed by atoms with Crippen LogP contribution in [0, 0.1) is 0 Å². The quantitative estimate of drug-likeness (QED) is 0.893. The van der Waals surface area contributed by atoms with E-state index in [-0.39, 0.29) is 6.04 Å². The lowest BCUT2D eigenvalue weighted by atomic mass is 9.93. The van der Waals surface area contributed by atoms with Crippen LogP contribution in [0.4, 0.5) is 0 Å². The summed E-state index contributed by atoms with van der Waals surface area (Å²) in [7, 11) is 1.86. The molecule has 0 aliphatic carbocycles. The molecule has 0 aromatic heterocycles. The summed E-state index contributed by atoms with van der Waals surface area (Å²) in [5.41, 5.74) is 0.176. The van der Waals surface area contributed by atoms with Gasteiger partial charge in [0.1, 0.15) is 11.3 Å². The van der Waals surface area contributed by atoms with Crippen LogP contribution in [0.2, 0.25) is 0 Å². The molecule has 1 aliphatic heterocycles. The molecule has 1 atom stereocenters. The number of nitrogens with zero attached hydrogens (tertiary/aromatic N) is 1. The van der Waals surface area contributed by atoms with E-state index in [0.717, 1.165) is 17.7 Å². The molecule has 2 rings (SSSR count). The second-order valence-corrected chi connectivity index (χ2v) is 5.17. The lowest BCUT2D eigenvalue weighted by Crippen LogP contribution is -2.50. The summed E-state index contributed by atoms with van der Waals surface area (Å²) in [6.07, 6.45) is 0.810. The number of ether oxygens (including phenoxy) is 1. The second-order valence-electron chi connectivity index (χ2n) is 5.17. The Morgan fingerprint density at radius 3 is 2.78 bits per heavy atom. The predicted octanol–water partition coefficient (Wildman–Crippen LogP) is 2.31. The lowest BCUT2D eigenvalue weighted by molar-refractivity contribution is -0.150. The summed E-state index contributed by atoms with van der Waals surface area (Å²) in [6, 6.07) is 7.92. The molecule has 0 saturated heterocycles. The molecule has 1 N–H and O–H groups in total. The number of fused-ring (bicyclic) bond motifs is 1. The van der Waals surface area contributed by atoms with E-state index in [1.807, 2.05) is 36.2 Å². The molecular formula is C14H19NO3. The lowest BCUT2D eigenvalue weighted by Gasteiger charge is -2.40. The number of hydrogen-bond donors (Lipinski definition) is 1. The van der Waals surface area contributed by atoms with Crippen molar-refractivity contribution in [3.63, 3.8) is 0 Å². The Labute approximate surface area is 107 Å². The maximum absolute atomic E-state index is 11.3. The van der Waals surface area contributed by atoms with Gasteiger partial charge in [0.05, 0.1) is 6.61 Å². The minimum atomic E-state index is -0.894. The molecule has 4 nitrogen and oxygen atoms in total. The Morgan fingerprint density at radius 2 is 2.11 bits per heavy atom. The van der Waals surface area contributed by atoms with E-state index in [9.17, 15) is 9.90 Å². The number of rotatable bonds is 3. The SMILES string of the molecule is CN(C1CCOc2ccccc21)C(C)(C)C(=O)O. The summed E-state index contributed by atoms with van der Waals surface area (Å²) in [5, 5.41) is 9.32. The van der Waals surface area contributed by atoms with E-state index < -0.39 is 11.5 Å². The van der Waals surface area contributed by atoms with Crippen LogP contribution >= 0.6 is 0 Å². The van der Waals surface area contributed by atoms with Crippen molar-refractivity contribution < 1.29 is 14.6 Å². The third-order valence-corrected chi connectivity index (χ3v) is 3.80. The molecule has 0 spiro atoms. The zero-order chi connectivity index (χ0) is 13.3. The highest BCUT2D eigenvalue weighted by atomic mass is 16.5. The number of benzene rings is 1. The zero-order valence-electron chi connectivity index (χ0n) is 11.0. The molecular weight excluding hydrogens is 230 g/mol. The molecule has 1 aromatic carbocycles. The highest BCUT2D eigenvalue weighted by molar-refractivity contribution is 5.77. The second kappa shape index (κ2) is 4.61. The topological polar surface area (TPSA) is 49.8 Å². The first kappa shape index (κ1) is 12.9. The molecule has 1 heterocycles. The van der Waals surface area contributed by atoms with Crippen LogP contribution in [-0.2, 0) is 4.79 Å². The van der Waals surface area contributed by atoms with Crippen molar-refractivity contribution >= 4 is 5.97 Å². The van der Waals surface area contributed by atoms with Crippen molar-refractivity contribution in [2.24, 2.45) is 0 Å². The smallest absolute Gasteiger partial charge is 0.323 e. The van der Waals surface area contributed by atoms with E-state index >= 15 is 0 Å². The van der Waals surface area contributed by atoms with Crippen LogP contribution in [0.15, 0.2) is 24.3 Å². The van der Waals surface area contributed by atoms with Crippen molar-refractivity contribution in [3.05, 3.63) is 29.8 Å². The molecule has 98 valence electrons. The Kier molecular flexibility index (Phi) is 3.30. The fourth-order valence-electron chi connectivity index (χ4n) is 2.27. The number of carboxylic acid groups (broad SMARTS) is 1. The van der Waals surface area contributed by atoms with E-state index in [1.165, 1.54) is 0 Å². The van der Waals surface area contributed by atoms with Crippen molar-refractivity contribution in [1.82, 2.24) is 4.90 Å². The van der Waals surface area contributed by atoms with Gasteiger partial charge in [0.25, 0.3) is 0 Å². The predicted molar refractivity (Wildman–Crippen MR) is 68.8 cm³/mol. The van der Waals surface area contributed by atoms with Gasteiger partial charge in [0, 0.05) is 18.0 Å². The van der Waals surface area contributed by atoms with E-state index in [1.54, 1.807) is 13.8 Å². The van der Waals surface area contributed by atoms with Crippen molar-refractivity contribution in [2.45, 2.75) is 31.8 Å². The Balaban J connectivity index is 2.33. The minimum Gasteiger partial charge on any atom is -0.493 e. The first-order valence-electron chi connectivity index (χ1n) is 6.12. The molecule has 4 heteroatoms. The largest absolute Gasteiger partial charge is 0.493 e. The first-order valence-corrected chi connectivity index (χ1v) is 6.12. The summed E-state index contributed by atoms with van der Waals surface area (Å²) >= 11 is 0. The van der Waals surface area contributed by atoms with Crippen LogP contribution in [-0.4, -0.2) is 35.2 Å². The maximum Gasteiger partial charge on any atom is 0.323 e. The number of carbonyl (C=O) groups is 1. The fourth-order valence-corrected chi connectivity index (χ4v) is 2.27. The third-order valence-electron chi connectivity index (χ3n) is 3.80. The Morgan fingerprint density at radius 1 is 1.44 bits per heavy atom. The number of aliphatic carboxylic acids is 1. The van der Waals surface area contributed by atoms with Gasteiger partial charge >= 0.3 is 5.97 Å². The third kappa shape index (κ3) is 2.08. The van der Waals surface area contributed by atoms with Crippen LogP contribution in [0.5, 0.6) is 5.75 Å². The standard InChI is InChI=1S/C14H19NO3/c1-14(2,13(16)17)15(3)11-8-9-18-12-7-5-4-6-10(11)12/h4-7,11H,8-9H2,1-3H3,(H,16,17). The van der Waals surface area contributed by atoms with Gasteiger partial charge in [0.15, 0.2) is 0 Å². The fraction of sp³-hybridized carbons (Fsp3) is 0.500. The van der Waals surface area contributed by atoms with Gasteiger partial charge in [-0.15, -0.1) is 0 Å². The molecule has 0 radical (unpaired) electrons. The molecule has 0 bridgehead atoms. The summed E-state index contributed by atoms with van der Waals surface area (Å²) in [6.45, 7) is 4.09. The van der Waals surface area contributed by atoms with Crippen molar-refractivity contribution in [3.8, 4) is 5.75 Å². The number of likely N-dealkylation sites (N-methyl/N-ethyl adjacent to an activating group) is 1. The van der Waals surface area contributed by atoms with Crippen molar-refractivity contribution in [1.29, 1.82) is 0 Å². The normalized spacial score (nSPS) is 19.2. The van der Waals surface area contributed by atoms with Gasteiger partial charge in [0.2, 0.25) is 0 Å². The van der Waals surface area contributed by atoms with Gasteiger partial charge in [-0.2, -0.15) is 0 Å². The van der Waals surface area contributed by atoms with E-state index in [4.69, 9.17) is 4.74 Å². The molecule has 1 aliphatic rings. The summed E-state index contributed by atoms with van der Waals surface area (Å²) in [4.78, 5) is 13.3. The number of para-hydroxylation sites is 1. The van der Waals surface area contributed by atoms with E-state index in [0.29, 0.717) is 6.61 Å². The Bertz CT molecular complexity index is 456. The summed E-state index contributed by atoms with van der Waals surface area (Å²) < 4.78 is 5.60. The van der Waals surface area contributed by atoms with Crippen LogP contribution in [0.25, 0.3) is 0 Å².